The molecule has 0 saturated heterocycles. The minimum Gasteiger partial charge on any atom is -0.268 e. The average Bonchev–Trinajstić information content (AvgIpc) is 2.46. The third kappa shape index (κ3) is 3.29. The summed E-state index contributed by atoms with van der Waals surface area (Å²) < 4.78 is 26.2. The van der Waals surface area contributed by atoms with Crippen molar-refractivity contribution in [1.82, 2.24) is 4.72 Å². The summed E-state index contributed by atoms with van der Waals surface area (Å²) in [6, 6.07) is 11.2. The van der Waals surface area contributed by atoms with Gasteiger partial charge >= 0.3 is 0 Å². The molecule has 1 N–H and O–H groups in total. The fourth-order valence-corrected chi connectivity index (χ4v) is 3.00. The topological polar surface area (TPSA) is 106 Å². The quantitative estimate of drug-likeness (QED) is 0.685. The van der Waals surface area contributed by atoms with Crippen LogP contribution in [0.15, 0.2) is 53.4 Å². The first-order valence-corrected chi connectivity index (χ1v) is 7.67. The van der Waals surface area contributed by atoms with Crippen LogP contribution < -0.4 is 4.72 Å². The van der Waals surface area contributed by atoms with Gasteiger partial charge in [-0.25, -0.2) is 13.1 Å². The molecule has 22 heavy (non-hydrogen) atoms. The number of carbonyl (C=O) groups excluding carboxylic acids is 1. The molecule has 0 spiro atoms. The molecule has 0 heterocycles. The first-order valence-electron chi connectivity index (χ1n) is 6.18. The van der Waals surface area contributed by atoms with E-state index in [1.54, 1.807) is 19.1 Å². The standard InChI is InChI=1S/C14H12N2O5S/c1-10-5-4-6-11(9-10)14(17)15-22(20,21)13-8-3-2-7-12(13)16(18)19/h2-9H,1H3,(H,15,17). The molecule has 0 radical (unpaired) electrons. The van der Waals surface area contributed by atoms with E-state index in [9.17, 15) is 23.3 Å². The van der Waals surface area contributed by atoms with Crippen LogP contribution in [0.1, 0.15) is 15.9 Å². The van der Waals surface area contributed by atoms with Crippen LogP contribution in [0.2, 0.25) is 0 Å². The van der Waals surface area contributed by atoms with Gasteiger partial charge in [0.05, 0.1) is 4.92 Å². The Morgan fingerprint density at radius 1 is 1.14 bits per heavy atom. The lowest BCUT2D eigenvalue weighted by molar-refractivity contribution is -0.387. The average molecular weight is 320 g/mol. The maximum atomic E-state index is 12.2. The summed E-state index contributed by atoms with van der Waals surface area (Å²) in [5, 5.41) is 10.9. The van der Waals surface area contributed by atoms with Gasteiger partial charge in [0.15, 0.2) is 4.90 Å². The molecular weight excluding hydrogens is 308 g/mol. The van der Waals surface area contributed by atoms with E-state index >= 15 is 0 Å². The van der Waals surface area contributed by atoms with Crippen LogP contribution in [0, 0.1) is 17.0 Å². The first kappa shape index (κ1) is 15.6. The molecule has 0 aliphatic rings. The minimum atomic E-state index is -4.34. The zero-order chi connectivity index (χ0) is 16.3. The third-order valence-corrected chi connectivity index (χ3v) is 4.24. The van der Waals surface area contributed by atoms with E-state index in [4.69, 9.17) is 0 Å². The highest BCUT2D eigenvalue weighted by Gasteiger charge is 2.27. The fraction of sp³-hybridized carbons (Fsp3) is 0.0714. The zero-order valence-corrected chi connectivity index (χ0v) is 12.3. The SMILES string of the molecule is Cc1cccc(C(=O)NS(=O)(=O)c2ccccc2[N+](=O)[O-])c1. The van der Waals surface area contributed by atoms with E-state index in [0.717, 1.165) is 17.7 Å². The highest BCUT2D eigenvalue weighted by atomic mass is 32.2. The summed E-state index contributed by atoms with van der Waals surface area (Å²) in [7, 11) is -4.34. The maximum absolute atomic E-state index is 12.2. The van der Waals surface area contributed by atoms with Gasteiger partial charge in [0.2, 0.25) is 0 Å². The molecule has 2 rings (SSSR count). The number of rotatable bonds is 4. The predicted octanol–water partition coefficient (Wildman–Crippen LogP) is 2.02. The molecule has 0 aliphatic heterocycles. The minimum absolute atomic E-state index is 0.155. The number of nitro groups is 1. The van der Waals surface area contributed by atoms with Crippen LogP contribution in [0.3, 0.4) is 0 Å². The third-order valence-electron chi connectivity index (χ3n) is 2.86. The van der Waals surface area contributed by atoms with Crippen LogP contribution in [0.5, 0.6) is 0 Å². The van der Waals surface area contributed by atoms with Crippen molar-refractivity contribution in [2.24, 2.45) is 0 Å². The second-order valence-electron chi connectivity index (χ2n) is 4.53. The van der Waals surface area contributed by atoms with Crippen molar-refractivity contribution < 1.29 is 18.1 Å². The van der Waals surface area contributed by atoms with Gasteiger partial charge in [0.25, 0.3) is 21.6 Å². The Balaban J connectivity index is 2.37. The summed E-state index contributed by atoms with van der Waals surface area (Å²) in [5.74, 6) is -0.846. The molecular formula is C14H12N2O5S. The summed E-state index contributed by atoms with van der Waals surface area (Å²) in [6.45, 7) is 1.76. The van der Waals surface area contributed by atoms with Crippen LogP contribution >= 0.6 is 0 Å². The van der Waals surface area contributed by atoms with Gasteiger partial charge in [-0.3, -0.25) is 14.9 Å². The van der Waals surface area contributed by atoms with Gasteiger partial charge in [0, 0.05) is 11.6 Å². The second-order valence-corrected chi connectivity index (χ2v) is 6.18. The van der Waals surface area contributed by atoms with E-state index < -0.39 is 31.4 Å². The Morgan fingerprint density at radius 2 is 1.82 bits per heavy atom. The lowest BCUT2D eigenvalue weighted by Gasteiger charge is -2.07. The van der Waals surface area contributed by atoms with E-state index in [1.807, 2.05) is 4.72 Å². The normalized spacial score (nSPS) is 11.0. The molecule has 0 unspecified atom stereocenters. The highest BCUT2D eigenvalue weighted by Crippen LogP contribution is 2.22. The number of hydrogen-bond donors (Lipinski definition) is 1. The molecule has 0 saturated carbocycles. The number of nitrogens with zero attached hydrogens (tertiary/aromatic N) is 1. The van der Waals surface area contributed by atoms with Crippen LogP contribution in [-0.4, -0.2) is 19.2 Å². The van der Waals surface area contributed by atoms with Crippen LogP contribution in [0.25, 0.3) is 0 Å². The van der Waals surface area contributed by atoms with Gasteiger partial charge < -0.3 is 0 Å². The molecule has 2 aromatic rings. The number of nitrogens with one attached hydrogen (secondary N) is 1. The van der Waals surface area contributed by atoms with Crippen molar-refractivity contribution in [1.29, 1.82) is 0 Å². The number of amides is 1. The Labute approximate surface area is 126 Å². The number of hydrogen-bond acceptors (Lipinski definition) is 5. The Kier molecular flexibility index (Phi) is 4.22. The van der Waals surface area contributed by atoms with E-state index in [1.165, 1.54) is 24.3 Å². The second kappa shape index (κ2) is 5.94. The van der Waals surface area contributed by atoms with Crippen molar-refractivity contribution in [2.45, 2.75) is 11.8 Å². The van der Waals surface area contributed by atoms with Crippen molar-refractivity contribution in [3.05, 3.63) is 69.8 Å². The summed E-state index contributed by atoms with van der Waals surface area (Å²) in [4.78, 5) is 21.5. The molecule has 114 valence electrons. The van der Waals surface area contributed by atoms with Crippen molar-refractivity contribution in [3.8, 4) is 0 Å². The molecule has 7 nitrogen and oxygen atoms in total. The van der Waals surface area contributed by atoms with E-state index in [0.29, 0.717) is 0 Å². The lowest BCUT2D eigenvalue weighted by Crippen LogP contribution is -2.31. The summed E-state index contributed by atoms with van der Waals surface area (Å²) in [5.41, 5.74) is 0.352. The van der Waals surface area contributed by atoms with Crippen molar-refractivity contribution in [2.75, 3.05) is 0 Å². The molecule has 0 bridgehead atoms. The summed E-state index contributed by atoms with van der Waals surface area (Å²) >= 11 is 0. The maximum Gasteiger partial charge on any atom is 0.289 e. The van der Waals surface area contributed by atoms with Crippen LogP contribution in [0.4, 0.5) is 5.69 Å². The molecule has 8 heteroatoms. The number of aryl methyl sites for hydroxylation is 1. The molecule has 0 aliphatic carbocycles. The summed E-state index contributed by atoms with van der Waals surface area (Å²) in [6.07, 6.45) is 0. The Hall–Kier alpha value is -2.74. The van der Waals surface area contributed by atoms with E-state index in [-0.39, 0.29) is 5.56 Å². The molecule has 1 amide bonds. The highest BCUT2D eigenvalue weighted by molar-refractivity contribution is 7.90. The van der Waals surface area contributed by atoms with Gasteiger partial charge in [-0.1, -0.05) is 29.8 Å². The van der Waals surface area contributed by atoms with Gasteiger partial charge in [-0.05, 0) is 25.1 Å². The Bertz CT molecular complexity index is 846. The number of nitro benzene ring substituents is 1. The van der Waals surface area contributed by atoms with Crippen LogP contribution in [-0.2, 0) is 10.0 Å². The largest absolute Gasteiger partial charge is 0.289 e. The number of para-hydroxylation sites is 1. The number of carbonyl (C=O) groups is 1. The predicted molar refractivity (Wildman–Crippen MR) is 78.9 cm³/mol. The first-order chi connectivity index (χ1) is 10.3. The number of benzene rings is 2. The van der Waals surface area contributed by atoms with E-state index in [2.05, 4.69) is 0 Å². The number of sulfonamides is 1. The molecule has 0 aromatic heterocycles. The zero-order valence-electron chi connectivity index (χ0n) is 11.5. The molecule has 0 fully saturated rings. The van der Waals surface area contributed by atoms with Gasteiger partial charge in [0.1, 0.15) is 0 Å². The van der Waals surface area contributed by atoms with Crippen molar-refractivity contribution >= 4 is 21.6 Å². The van der Waals surface area contributed by atoms with Crippen molar-refractivity contribution in [3.63, 3.8) is 0 Å². The Morgan fingerprint density at radius 3 is 2.45 bits per heavy atom. The monoisotopic (exact) mass is 320 g/mol. The molecule has 2 aromatic carbocycles. The van der Waals surface area contributed by atoms with Gasteiger partial charge in [-0.2, -0.15) is 0 Å². The lowest BCUT2D eigenvalue weighted by atomic mass is 10.1. The van der Waals surface area contributed by atoms with Gasteiger partial charge in [-0.15, -0.1) is 0 Å². The molecule has 0 atom stereocenters. The smallest absolute Gasteiger partial charge is 0.268 e. The fourth-order valence-electron chi connectivity index (χ4n) is 1.86.